The monoisotopic (exact) mass is 302 g/mol. The fourth-order valence-electron chi connectivity index (χ4n) is 2.62. The Morgan fingerprint density at radius 1 is 1.47 bits per heavy atom. The molecule has 0 bridgehead atoms. The van der Waals surface area contributed by atoms with Gasteiger partial charge in [0.15, 0.2) is 0 Å². The van der Waals surface area contributed by atoms with Crippen molar-refractivity contribution < 1.29 is 4.79 Å². The highest BCUT2D eigenvalue weighted by Crippen LogP contribution is 2.25. The van der Waals surface area contributed by atoms with Gasteiger partial charge in [-0.25, -0.2) is 0 Å². The predicted molar refractivity (Wildman–Crippen MR) is 81.1 cm³/mol. The number of hydrogen-bond acceptors (Lipinski definition) is 2. The Bertz CT molecular complexity index is 445. The lowest BCUT2D eigenvalue weighted by Crippen LogP contribution is -2.34. The minimum absolute atomic E-state index is 0. The molecule has 1 saturated heterocycles. The van der Waals surface area contributed by atoms with E-state index in [1.54, 1.807) is 6.07 Å². The van der Waals surface area contributed by atoms with Gasteiger partial charge in [0.05, 0.1) is 0 Å². The highest BCUT2D eigenvalue weighted by atomic mass is 35.5. The van der Waals surface area contributed by atoms with E-state index >= 15 is 0 Å². The third-order valence-corrected chi connectivity index (χ3v) is 3.76. The Labute approximate surface area is 125 Å². The minimum atomic E-state index is 0. The van der Waals surface area contributed by atoms with Crippen LogP contribution in [0.4, 0.5) is 0 Å². The van der Waals surface area contributed by atoms with Crippen molar-refractivity contribution >= 4 is 29.9 Å². The molecule has 0 radical (unpaired) electrons. The number of halogens is 2. The SMILES string of the molecule is Cc1cc(Cl)cc(C(=O)N2CC(CN)CC2C)c1.Cl. The molecule has 1 aliphatic rings. The van der Waals surface area contributed by atoms with Crippen LogP contribution in [-0.2, 0) is 0 Å². The summed E-state index contributed by atoms with van der Waals surface area (Å²) in [7, 11) is 0. The summed E-state index contributed by atoms with van der Waals surface area (Å²) < 4.78 is 0. The fourth-order valence-corrected chi connectivity index (χ4v) is 2.91. The summed E-state index contributed by atoms with van der Waals surface area (Å²) in [5, 5.41) is 0.612. The lowest BCUT2D eigenvalue weighted by Gasteiger charge is -2.22. The molecular formula is C14H20Cl2N2O. The highest BCUT2D eigenvalue weighted by molar-refractivity contribution is 6.31. The zero-order valence-corrected chi connectivity index (χ0v) is 12.8. The van der Waals surface area contributed by atoms with Crippen molar-refractivity contribution in [2.45, 2.75) is 26.3 Å². The molecule has 1 aromatic carbocycles. The molecule has 0 aliphatic carbocycles. The number of hydrogen-bond donors (Lipinski definition) is 1. The molecule has 1 heterocycles. The molecule has 19 heavy (non-hydrogen) atoms. The Kier molecular flexibility index (Phi) is 5.65. The number of nitrogens with two attached hydrogens (primary N) is 1. The summed E-state index contributed by atoms with van der Waals surface area (Å²) in [4.78, 5) is 14.4. The molecule has 106 valence electrons. The van der Waals surface area contributed by atoms with Crippen LogP contribution in [0, 0.1) is 12.8 Å². The van der Waals surface area contributed by atoms with E-state index in [9.17, 15) is 4.79 Å². The normalized spacial score (nSPS) is 22.2. The number of likely N-dealkylation sites (tertiary alicyclic amines) is 1. The van der Waals surface area contributed by atoms with Crippen molar-refractivity contribution in [3.8, 4) is 0 Å². The average molecular weight is 303 g/mol. The molecule has 0 aromatic heterocycles. The molecule has 2 unspecified atom stereocenters. The van der Waals surface area contributed by atoms with E-state index in [4.69, 9.17) is 17.3 Å². The smallest absolute Gasteiger partial charge is 0.254 e. The van der Waals surface area contributed by atoms with Gasteiger partial charge in [-0.3, -0.25) is 4.79 Å². The van der Waals surface area contributed by atoms with Gasteiger partial charge >= 0.3 is 0 Å². The van der Waals surface area contributed by atoms with Crippen LogP contribution in [0.15, 0.2) is 18.2 Å². The molecule has 1 aliphatic heterocycles. The lowest BCUT2D eigenvalue weighted by atomic mass is 10.1. The van der Waals surface area contributed by atoms with E-state index in [-0.39, 0.29) is 24.4 Å². The average Bonchev–Trinajstić information content (AvgIpc) is 2.68. The van der Waals surface area contributed by atoms with E-state index in [1.807, 2.05) is 24.0 Å². The maximum Gasteiger partial charge on any atom is 0.254 e. The van der Waals surface area contributed by atoms with Crippen LogP contribution in [0.1, 0.15) is 29.3 Å². The maximum absolute atomic E-state index is 12.4. The Morgan fingerprint density at radius 3 is 2.68 bits per heavy atom. The first kappa shape index (κ1) is 16.3. The summed E-state index contributed by atoms with van der Waals surface area (Å²) >= 11 is 6.00. The highest BCUT2D eigenvalue weighted by Gasteiger charge is 2.32. The second-order valence-corrected chi connectivity index (χ2v) is 5.60. The molecule has 2 atom stereocenters. The summed E-state index contributed by atoms with van der Waals surface area (Å²) in [6.45, 7) is 5.41. The summed E-state index contributed by atoms with van der Waals surface area (Å²) in [6.07, 6.45) is 0.988. The Morgan fingerprint density at radius 2 is 2.16 bits per heavy atom. The van der Waals surface area contributed by atoms with Gasteiger partial charge in [-0.05, 0) is 56.5 Å². The van der Waals surface area contributed by atoms with Gasteiger partial charge in [0.25, 0.3) is 5.91 Å². The maximum atomic E-state index is 12.4. The van der Waals surface area contributed by atoms with E-state index in [0.717, 1.165) is 18.5 Å². The van der Waals surface area contributed by atoms with Crippen LogP contribution in [0.5, 0.6) is 0 Å². The molecule has 1 amide bonds. The molecular weight excluding hydrogens is 283 g/mol. The Hall–Kier alpha value is -0.770. The van der Waals surface area contributed by atoms with Crippen molar-refractivity contribution in [2.75, 3.05) is 13.1 Å². The number of carbonyl (C=O) groups excluding carboxylic acids is 1. The summed E-state index contributed by atoms with van der Waals surface area (Å²) in [5.41, 5.74) is 7.36. The second-order valence-electron chi connectivity index (χ2n) is 5.16. The van der Waals surface area contributed by atoms with E-state index in [0.29, 0.717) is 23.0 Å². The third-order valence-electron chi connectivity index (χ3n) is 3.54. The number of amides is 1. The number of benzene rings is 1. The van der Waals surface area contributed by atoms with Crippen LogP contribution < -0.4 is 5.73 Å². The van der Waals surface area contributed by atoms with Crippen LogP contribution in [0.3, 0.4) is 0 Å². The van der Waals surface area contributed by atoms with Gasteiger partial charge in [-0.2, -0.15) is 0 Å². The van der Waals surface area contributed by atoms with Gasteiger partial charge in [-0.15, -0.1) is 12.4 Å². The predicted octanol–water partition coefficient (Wildman–Crippen LogP) is 2.88. The molecule has 2 rings (SSSR count). The zero-order chi connectivity index (χ0) is 13.3. The number of nitrogens with zero attached hydrogens (tertiary/aromatic N) is 1. The van der Waals surface area contributed by atoms with Crippen molar-refractivity contribution in [1.29, 1.82) is 0 Å². The van der Waals surface area contributed by atoms with Gasteiger partial charge < -0.3 is 10.6 Å². The van der Waals surface area contributed by atoms with Crippen molar-refractivity contribution in [3.05, 3.63) is 34.3 Å². The van der Waals surface area contributed by atoms with Gasteiger partial charge in [0.2, 0.25) is 0 Å². The van der Waals surface area contributed by atoms with Gasteiger partial charge in [0.1, 0.15) is 0 Å². The zero-order valence-electron chi connectivity index (χ0n) is 11.2. The summed E-state index contributed by atoms with van der Waals surface area (Å²) in [5.74, 6) is 0.480. The first-order chi connectivity index (χ1) is 8.51. The number of carbonyl (C=O) groups is 1. The van der Waals surface area contributed by atoms with Crippen molar-refractivity contribution in [2.24, 2.45) is 11.7 Å². The molecule has 2 N–H and O–H groups in total. The fraction of sp³-hybridized carbons (Fsp3) is 0.500. The van der Waals surface area contributed by atoms with Gasteiger partial charge in [0, 0.05) is 23.2 Å². The molecule has 1 fully saturated rings. The van der Waals surface area contributed by atoms with Crippen LogP contribution in [-0.4, -0.2) is 29.9 Å². The topological polar surface area (TPSA) is 46.3 Å². The summed E-state index contributed by atoms with van der Waals surface area (Å²) in [6, 6.07) is 5.73. The van der Waals surface area contributed by atoms with Crippen LogP contribution >= 0.6 is 24.0 Å². The molecule has 0 saturated carbocycles. The quantitative estimate of drug-likeness (QED) is 0.913. The standard InChI is InChI=1S/C14H19ClN2O.ClH/c1-9-3-12(6-13(15)4-9)14(18)17-8-11(7-16)5-10(17)2;/h3-4,6,10-11H,5,7-8,16H2,1-2H3;1H. The lowest BCUT2D eigenvalue weighted by molar-refractivity contribution is 0.0743. The number of aryl methyl sites for hydroxylation is 1. The molecule has 5 heteroatoms. The van der Waals surface area contributed by atoms with Crippen LogP contribution in [0.25, 0.3) is 0 Å². The van der Waals surface area contributed by atoms with Crippen LogP contribution in [0.2, 0.25) is 5.02 Å². The van der Waals surface area contributed by atoms with Gasteiger partial charge in [-0.1, -0.05) is 11.6 Å². The Balaban J connectivity index is 0.00000180. The molecule has 1 aromatic rings. The molecule has 0 spiro atoms. The van der Waals surface area contributed by atoms with E-state index in [2.05, 4.69) is 6.92 Å². The first-order valence-electron chi connectivity index (χ1n) is 6.29. The van der Waals surface area contributed by atoms with Crippen molar-refractivity contribution in [3.63, 3.8) is 0 Å². The number of rotatable bonds is 2. The largest absolute Gasteiger partial charge is 0.336 e. The van der Waals surface area contributed by atoms with E-state index < -0.39 is 0 Å². The second kappa shape index (κ2) is 6.60. The minimum Gasteiger partial charge on any atom is -0.336 e. The van der Waals surface area contributed by atoms with Crippen molar-refractivity contribution in [1.82, 2.24) is 4.90 Å². The molecule has 3 nitrogen and oxygen atoms in total. The third kappa shape index (κ3) is 3.62. The van der Waals surface area contributed by atoms with E-state index in [1.165, 1.54) is 0 Å². The first-order valence-corrected chi connectivity index (χ1v) is 6.67.